The van der Waals surface area contributed by atoms with Gasteiger partial charge in [0.2, 0.25) is 5.82 Å². The largest absolute Gasteiger partial charge is 0.573 e. The molecule has 0 amide bonds. The summed E-state index contributed by atoms with van der Waals surface area (Å²) in [5.74, 6) is -5.47. The lowest BCUT2D eigenvalue weighted by Crippen LogP contribution is -2.26. The highest BCUT2D eigenvalue weighted by atomic mass is 19.4. The molecule has 0 bridgehead atoms. The number of aromatic nitrogens is 3. The second-order valence-electron chi connectivity index (χ2n) is 6.24. The molecule has 0 aliphatic heterocycles. The van der Waals surface area contributed by atoms with Gasteiger partial charge in [-0.25, -0.2) is 4.79 Å². The summed E-state index contributed by atoms with van der Waals surface area (Å²) < 4.78 is 80.2. The fourth-order valence-electron chi connectivity index (χ4n) is 2.69. The van der Waals surface area contributed by atoms with Crippen molar-refractivity contribution in [3.63, 3.8) is 0 Å². The molecule has 0 radical (unpaired) electrons. The number of pyridine rings is 1. The minimum absolute atomic E-state index is 0.0967. The van der Waals surface area contributed by atoms with Crippen molar-refractivity contribution in [2.45, 2.75) is 19.2 Å². The molecule has 0 N–H and O–H groups in total. The highest BCUT2D eigenvalue weighted by Gasteiger charge is 2.38. The number of halogens is 5. The smallest absolute Gasteiger partial charge is 0.464 e. The molecule has 3 aromatic rings. The first kappa shape index (κ1) is 22.4. The number of nitrogens with zero attached hydrogens (tertiary/aromatic N) is 3. The number of fused-ring (bicyclic) bond motifs is 1. The molecule has 0 fully saturated rings. The van der Waals surface area contributed by atoms with Gasteiger partial charge >= 0.3 is 18.3 Å². The van der Waals surface area contributed by atoms with Crippen LogP contribution in [0.4, 0.5) is 22.0 Å². The molecule has 2 heterocycles. The number of rotatable bonds is 8. The van der Waals surface area contributed by atoms with Crippen LogP contribution in [0.5, 0.6) is 5.75 Å². The van der Waals surface area contributed by atoms with Gasteiger partial charge in [-0.15, -0.1) is 23.4 Å². The van der Waals surface area contributed by atoms with Crippen LogP contribution >= 0.6 is 0 Å². The lowest BCUT2D eigenvalue weighted by molar-refractivity contribution is -0.274. The molecule has 0 aliphatic rings. The SMILES string of the molecule is CCOC(=O)COCC(F)(F)c1nnc2ccc(-c3ccc(OC(F)(F)F)cc3)cn12. The molecule has 3 rings (SSSR count). The summed E-state index contributed by atoms with van der Waals surface area (Å²) in [5.41, 5.74) is 1.01. The highest BCUT2D eigenvalue weighted by Crippen LogP contribution is 2.30. The maximum Gasteiger partial charge on any atom is 0.573 e. The number of carbonyl (C=O) groups is 1. The minimum atomic E-state index is -4.82. The molecule has 2 aromatic heterocycles. The summed E-state index contributed by atoms with van der Waals surface area (Å²) in [7, 11) is 0. The molecular formula is C19H16F5N3O4. The zero-order valence-corrected chi connectivity index (χ0v) is 16.0. The molecule has 0 saturated carbocycles. The van der Waals surface area contributed by atoms with Crippen molar-refractivity contribution in [2.24, 2.45) is 0 Å². The van der Waals surface area contributed by atoms with E-state index in [0.29, 0.717) is 11.1 Å². The van der Waals surface area contributed by atoms with Crippen molar-refractivity contribution in [1.82, 2.24) is 14.6 Å². The predicted octanol–water partition coefficient (Wildman–Crippen LogP) is 3.97. The van der Waals surface area contributed by atoms with Gasteiger partial charge in [0, 0.05) is 6.20 Å². The number of ether oxygens (including phenoxy) is 3. The van der Waals surface area contributed by atoms with E-state index in [4.69, 9.17) is 4.74 Å². The second-order valence-corrected chi connectivity index (χ2v) is 6.24. The first-order chi connectivity index (χ1) is 14.6. The van der Waals surface area contributed by atoms with Crippen molar-refractivity contribution in [2.75, 3.05) is 19.8 Å². The van der Waals surface area contributed by atoms with E-state index < -0.39 is 43.0 Å². The highest BCUT2D eigenvalue weighted by molar-refractivity contribution is 5.70. The molecule has 0 atom stereocenters. The Kier molecular flexibility index (Phi) is 6.39. The van der Waals surface area contributed by atoms with Gasteiger partial charge in [0.25, 0.3) is 0 Å². The molecule has 7 nitrogen and oxygen atoms in total. The Morgan fingerprint density at radius 3 is 2.32 bits per heavy atom. The topological polar surface area (TPSA) is 75.0 Å². The van der Waals surface area contributed by atoms with Crippen molar-refractivity contribution in [3.8, 4) is 16.9 Å². The van der Waals surface area contributed by atoms with Gasteiger partial charge < -0.3 is 14.2 Å². The van der Waals surface area contributed by atoms with Crippen LogP contribution in [0.15, 0.2) is 42.6 Å². The Morgan fingerprint density at radius 1 is 1.00 bits per heavy atom. The lowest BCUT2D eigenvalue weighted by atomic mass is 10.1. The van der Waals surface area contributed by atoms with Crippen molar-refractivity contribution in [1.29, 1.82) is 0 Å². The maximum absolute atomic E-state index is 14.6. The standard InChI is InChI=1S/C19H16F5N3O4/c1-2-30-16(28)10-29-11-18(20,21)17-26-25-15-8-5-13(9-27(15)17)12-3-6-14(7-4-12)31-19(22,23)24/h3-9H,2,10-11H2,1H3. The second kappa shape index (κ2) is 8.84. The van der Waals surface area contributed by atoms with Gasteiger partial charge in [-0.1, -0.05) is 12.1 Å². The van der Waals surface area contributed by atoms with Crippen molar-refractivity contribution in [3.05, 3.63) is 48.4 Å². The normalized spacial score (nSPS) is 12.2. The van der Waals surface area contributed by atoms with E-state index in [0.717, 1.165) is 16.5 Å². The van der Waals surface area contributed by atoms with E-state index in [-0.39, 0.29) is 12.3 Å². The molecule has 31 heavy (non-hydrogen) atoms. The summed E-state index contributed by atoms with van der Waals surface area (Å²) in [6.07, 6.45) is -3.50. The summed E-state index contributed by atoms with van der Waals surface area (Å²) >= 11 is 0. The van der Waals surface area contributed by atoms with E-state index in [9.17, 15) is 26.7 Å². The van der Waals surface area contributed by atoms with Gasteiger partial charge in [-0.05, 0) is 42.3 Å². The van der Waals surface area contributed by atoms with Crippen LogP contribution in [0.25, 0.3) is 16.8 Å². The minimum Gasteiger partial charge on any atom is -0.464 e. The van der Waals surface area contributed by atoms with Crippen LogP contribution in [-0.4, -0.2) is 46.8 Å². The van der Waals surface area contributed by atoms with Crippen LogP contribution in [0.1, 0.15) is 12.7 Å². The summed E-state index contributed by atoms with van der Waals surface area (Å²) in [5, 5.41) is 7.20. The third-order valence-electron chi connectivity index (χ3n) is 3.96. The van der Waals surface area contributed by atoms with Gasteiger partial charge in [-0.2, -0.15) is 8.78 Å². The number of carbonyl (C=O) groups excluding carboxylic acids is 1. The average Bonchev–Trinajstić information content (AvgIpc) is 3.11. The van der Waals surface area contributed by atoms with E-state index in [1.54, 1.807) is 13.0 Å². The molecule has 166 valence electrons. The van der Waals surface area contributed by atoms with E-state index in [1.807, 2.05) is 0 Å². The van der Waals surface area contributed by atoms with E-state index >= 15 is 0 Å². The van der Waals surface area contributed by atoms with Crippen molar-refractivity contribution >= 4 is 11.6 Å². The molecular weight excluding hydrogens is 429 g/mol. The molecule has 0 saturated heterocycles. The Hall–Kier alpha value is -3.28. The third kappa shape index (κ3) is 5.66. The number of alkyl halides is 5. The van der Waals surface area contributed by atoms with Crippen LogP contribution in [-0.2, 0) is 20.2 Å². The predicted molar refractivity (Wildman–Crippen MR) is 96.5 cm³/mol. The Morgan fingerprint density at radius 2 is 1.68 bits per heavy atom. The van der Waals surface area contributed by atoms with Crippen LogP contribution < -0.4 is 4.74 Å². The third-order valence-corrected chi connectivity index (χ3v) is 3.96. The van der Waals surface area contributed by atoms with Crippen LogP contribution in [0, 0.1) is 0 Å². The Bertz CT molecular complexity index is 1050. The van der Waals surface area contributed by atoms with Gasteiger partial charge in [0.15, 0.2) is 5.65 Å². The molecule has 12 heteroatoms. The number of esters is 1. The number of benzene rings is 1. The number of hydrogen-bond donors (Lipinski definition) is 0. The molecule has 1 aromatic carbocycles. The van der Waals surface area contributed by atoms with Gasteiger partial charge in [0.1, 0.15) is 19.0 Å². The van der Waals surface area contributed by atoms with E-state index in [1.165, 1.54) is 24.4 Å². The number of hydrogen-bond acceptors (Lipinski definition) is 6. The van der Waals surface area contributed by atoms with Gasteiger partial charge in [0.05, 0.1) is 6.61 Å². The van der Waals surface area contributed by atoms with Crippen LogP contribution in [0.2, 0.25) is 0 Å². The zero-order valence-electron chi connectivity index (χ0n) is 16.0. The first-order valence-corrected chi connectivity index (χ1v) is 8.91. The summed E-state index contributed by atoms with van der Waals surface area (Å²) in [6, 6.07) is 7.92. The summed E-state index contributed by atoms with van der Waals surface area (Å²) in [6.45, 7) is -0.0964. The van der Waals surface area contributed by atoms with E-state index in [2.05, 4.69) is 19.7 Å². The molecule has 0 spiro atoms. The monoisotopic (exact) mass is 445 g/mol. The lowest BCUT2D eigenvalue weighted by Gasteiger charge is -2.15. The maximum atomic E-state index is 14.6. The van der Waals surface area contributed by atoms with Crippen LogP contribution in [0.3, 0.4) is 0 Å². The average molecular weight is 445 g/mol. The fraction of sp³-hybridized carbons (Fsp3) is 0.316. The Balaban J connectivity index is 1.81. The fourth-order valence-corrected chi connectivity index (χ4v) is 2.69. The molecule has 0 aliphatic carbocycles. The van der Waals surface area contributed by atoms with Gasteiger partial charge in [-0.3, -0.25) is 4.40 Å². The quantitative estimate of drug-likeness (QED) is 0.386. The molecule has 0 unspecified atom stereocenters. The zero-order chi connectivity index (χ0) is 22.6. The first-order valence-electron chi connectivity index (χ1n) is 8.91. The summed E-state index contributed by atoms with van der Waals surface area (Å²) in [4.78, 5) is 11.2. The Labute approximate surface area is 172 Å². The van der Waals surface area contributed by atoms with Crippen molar-refractivity contribution < 1.29 is 41.0 Å².